The Morgan fingerprint density at radius 1 is 0.971 bits per heavy atom. The molecule has 178 valence electrons. The lowest BCUT2D eigenvalue weighted by Crippen LogP contribution is -2.34. The Morgan fingerprint density at radius 3 is 2.62 bits per heavy atom. The fraction of sp³-hybridized carbons (Fsp3) is 0.385. The third-order valence-corrected chi connectivity index (χ3v) is 7.34. The van der Waals surface area contributed by atoms with Gasteiger partial charge in [-0.1, -0.05) is 37.1 Å². The Hall–Kier alpha value is -3.13. The van der Waals surface area contributed by atoms with Crippen molar-refractivity contribution in [1.29, 1.82) is 0 Å². The van der Waals surface area contributed by atoms with E-state index in [-0.39, 0.29) is 18.6 Å². The average molecular weight is 480 g/mol. The van der Waals surface area contributed by atoms with Crippen LogP contribution in [0.2, 0.25) is 0 Å². The lowest BCUT2D eigenvalue weighted by molar-refractivity contribution is -0.131. The van der Waals surface area contributed by atoms with E-state index in [0.29, 0.717) is 24.6 Å². The van der Waals surface area contributed by atoms with Gasteiger partial charge in [-0.15, -0.1) is 11.8 Å². The number of carbonyl (C=O) groups excluding carboxylic acids is 2. The monoisotopic (exact) mass is 479 g/mol. The Balaban J connectivity index is 1.20. The van der Waals surface area contributed by atoms with Crippen molar-refractivity contribution in [3.05, 3.63) is 54.2 Å². The molecule has 1 saturated heterocycles. The van der Waals surface area contributed by atoms with E-state index in [1.165, 1.54) is 24.6 Å². The quantitative estimate of drug-likeness (QED) is 0.515. The average Bonchev–Trinajstić information content (AvgIpc) is 3.35. The number of benzene rings is 2. The highest BCUT2D eigenvalue weighted by atomic mass is 32.2. The van der Waals surface area contributed by atoms with Crippen molar-refractivity contribution in [2.75, 3.05) is 25.6 Å². The highest BCUT2D eigenvalue weighted by Crippen LogP contribution is 2.33. The van der Waals surface area contributed by atoms with Crippen molar-refractivity contribution in [1.82, 2.24) is 14.8 Å². The fourth-order valence-electron chi connectivity index (χ4n) is 4.47. The Bertz CT molecular complexity index is 1180. The van der Waals surface area contributed by atoms with Gasteiger partial charge in [0.2, 0.25) is 18.6 Å². The molecular weight excluding hydrogens is 450 g/mol. The minimum absolute atomic E-state index is 0.0415. The number of nitrogens with zero attached hydrogens (tertiary/aromatic N) is 2. The number of amides is 2. The van der Waals surface area contributed by atoms with Crippen LogP contribution in [0.25, 0.3) is 10.9 Å². The number of hydrogen-bond donors (Lipinski definition) is 1. The summed E-state index contributed by atoms with van der Waals surface area (Å²) >= 11 is 1.50. The molecule has 2 aromatic carbocycles. The van der Waals surface area contributed by atoms with Gasteiger partial charge in [0.1, 0.15) is 6.54 Å². The number of carbonyl (C=O) groups is 2. The number of aromatic nitrogens is 1. The smallest absolute Gasteiger partial charge is 0.242 e. The second kappa shape index (κ2) is 10.4. The van der Waals surface area contributed by atoms with E-state index >= 15 is 0 Å². The highest BCUT2D eigenvalue weighted by molar-refractivity contribution is 8.00. The first-order valence-electron chi connectivity index (χ1n) is 11.8. The number of likely N-dealkylation sites (tertiary alicyclic amines) is 1. The van der Waals surface area contributed by atoms with E-state index in [1.54, 1.807) is 0 Å². The van der Waals surface area contributed by atoms with Crippen LogP contribution in [0.5, 0.6) is 11.5 Å². The Morgan fingerprint density at radius 2 is 1.76 bits per heavy atom. The summed E-state index contributed by atoms with van der Waals surface area (Å²) in [5.41, 5.74) is 1.99. The predicted octanol–water partition coefficient (Wildman–Crippen LogP) is 4.18. The molecule has 34 heavy (non-hydrogen) atoms. The third-order valence-electron chi connectivity index (χ3n) is 6.30. The molecular formula is C26H29N3O4S. The SMILES string of the molecule is O=C(CSc1cn(CC(=O)N2CCCCCC2)c2ccccc12)NCc1ccc2c(c1)OCO2. The van der Waals surface area contributed by atoms with Crippen LogP contribution in [0.1, 0.15) is 31.2 Å². The summed E-state index contributed by atoms with van der Waals surface area (Å²) in [5, 5.41) is 4.04. The minimum atomic E-state index is -0.0415. The maximum Gasteiger partial charge on any atom is 0.242 e. The van der Waals surface area contributed by atoms with Crippen LogP contribution in [-0.4, -0.2) is 46.9 Å². The largest absolute Gasteiger partial charge is 0.454 e. The lowest BCUT2D eigenvalue weighted by Gasteiger charge is -2.20. The van der Waals surface area contributed by atoms with Crippen molar-refractivity contribution >= 4 is 34.5 Å². The number of fused-ring (bicyclic) bond motifs is 2. The van der Waals surface area contributed by atoms with Gasteiger partial charge in [0.15, 0.2) is 11.5 Å². The number of nitrogens with one attached hydrogen (secondary N) is 1. The number of thioether (sulfide) groups is 1. The van der Waals surface area contributed by atoms with Crippen molar-refractivity contribution in [2.45, 2.75) is 43.7 Å². The molecule has 7 nitrogen and oxygen atoms in total. The Labute approximate surface area is 203 Å². The van der Waals surface area contributed by atoms with Gasteiger partial charge in [0, 0.05) is 41.6 Å². The van der Waals surface area contributed by atoms with Gasteiger partial charge in [-0.3, -0.25) is 9.59 Å². The zero-order valence-corrected chi connectivity index (χ0v) is 19.9. The van der Waals surface area contributed by atoms with E-state index in [9.17, 15) is 9.59 Å². The molecule has 3 heterocycles. The summed E-state index contributed by atoms with van der Waals surface area (Å²) in [7, 11) is 0. The summed E-state index contributed by atoms with van der Waals surface area (Å²) in [5.74, 6) is 1.87. The summed E-state index contributed by atoms with van der Waals surface area (Å²) in [6.45, 7) is 2.70. The molecule has 1 aromatic heterocycles. The van der Waals surface area contributed by atoms with Gasteiger partial charge >= 0.3 is 0 Å². The van der Waals surface area contributed by atoms with Gasteiger partial charge in [-0.05, 0) is 36.6 Å². The van der Waals surface area contributed by atoms with Gasteiger partial charge < -0.3 is 24.3 Å². The highest BCUT2D eigenvalue weighted by Gasteiger charge is 2.18. The van der Waals surface area contributed by atoms with Crippen LogP contribution in [0, 0.1) is 0 Å². The summed E-state index contributed by atoms with van der Waals surface area (Å²) < 4.78 is 12.8. The molecule has 0 aliphatic carbocycles. The molecule has 0 spiro atoms. The van der Waals surface area contributed by atoms with Gasteiger partial charge in [-0.25, -0.2) is 0 Å². The van der Waals surface area contributed by atoms with Crippen LogP contribution in [0.4, 0.5) is 0 Å². The molecule has 2 aliphatic heterocycles. The minimum Gasteiger partial charge on any atom is -0.454 e. The molecule has 0 radical (unpaired) electrons. The van der Waals surface area contributed by atoms with Crippen LogP contribution in [-0.2, 0) is 22.7 Å². The van der Waals surface area contributed by atoms with E-state index in [0.717, 1.165) is 53.0 Å². The van der Waals surface area contributed by atoms with Crippen LogP contribution in [0.3, 0.4) is 0 Å². The molecule has 1 N–H and O–H groups in total. The second-order valence-electron chi connectivity index (χ2n) is 8.69. The number of ether oxygens (including phenoxy) is 2. The number of hydrogen-bond acceptors (Lipinski definition) is 5. The molecule has 3 aromatic rings. The molecule has 8 heteroatoms. The molecule has 2 aliphatic rings. The van der Waals surface area contributed by atoms with E-state index in [2.05, 4.69) is 11.4 Å². The van der Waals surface area contributed by atoms with E-state index in [1.807, 2.05) is 52.1 Å². The molecule has 0 saturated carbocycles. The Kier molecular flexibility index (Phi) is 6.94. The fourth-order valence-corrected chi connectivity index (χ4v) is 5.39. The lowest BCUT2D eigenvalue weighted by atomic mass is 10.2. The summed E-state index contributed by atoms with van der Waals surface area (Å²) in [6.07, 6.45) is 6.58. The first kappa shape index (κ1) is 22.7. The predicted molar refractivity (Wildman–Crippen MR) is 132 cm³/mol. The molecule has 0 atom stereocenters. The maximum atomic E-state index is 12.9. The molecule has 1 fully saturated rings. The van der Waals surface area contributed by atoms with Crippen molar-refractivity contribution in [2.24, 2.45) is 0 Å². The molecule has 5 rings (SSSR count). The third kappa shape index (κ3) is 5.17. The zero-order chi connectivity index (χ0) is 23.3. The van der Waals surface area contributed by atoms with Crippen LogP contribution >= 0.6 is 11.8 Å². The zero-order valence-electron chi connectivity index (χ0n) is 19.1. The van der Waals surface area contributed by atoms with Gasteiger partial charge in [-0.2, -0.15) is 0 Å². The van der Waals surface area contributed by atoms with Crippen molar-refractivity contribution in [3.63, 3.8) is 0 Å². The normalized spacial score (nSPS) is 15.4. The summed E-state index contributed by atoms with van der Waals surface area (Å²) in [6, 6.07) is 13.7. The maximum absolute atomic E-state index is 12.9. The summed E-state index contributed by atoms with van der Waals surface area (Å²) in [4.78, 5) is 28.5. The van der Waals surface area contributed by atoms with E-state index < -0.39 is 0 Å². The molecule has 2 amide bonds. The molecule has 0 bridgehead atoms. The second-order valence-corrected chi connectivity index (χ2v) is 9.70. The van der Waals surface area contributed by atoms with E-state index in [4.69, 9.17) is 9.47 Å². The standard InChI is InChI=1S/C26H29N3O4S/c30-25(27-14-19-9-10-22-23(13-19)33-18-32-22)17-34-24-15-29(21-8-4-3-7-20(21)24)16-26(31)28-11-5-1-2-6-12-28/h3-4,7-10,13,15H,1-2,5-6,11-12,14,16-18H2,(H,27,30). The van der Waals surface area contributed by atoms with Gasteiger partial charge in [0.05, 0.1) is 5.75 Å². The van der Waals surface area contributed by atoms with Crippen molar-refractivity contribution in [3.8, 4) is 11.5 Å². The number of para-hydroxylation sites is 1. The number of rotatable bonds is 7. The van der Waals surface area contributed by atoms with Crippen LogP contribution in [0.15, 0.2) is 53.6 Å². The molecule has 0 unspecified atom stereocenters. The first-order chi connectivity index (χ1) is 16.7. The van der Waals surface area contributed by atoms with Crippen LogP contribution < -0.4 is 14.8 Å². The van der Waals surface area contributed by atoms with Gasteiger partial charge in [0.25, 0.3) is 0 Å². The first-order valence-corrected chi connectivity index (χ1v) is 12.8. The van der Waals surface area contributed by atoms with Crippen molar-refractivity contribution < 1.29 is 19.1 Å². The topological polar surface area (TPSA) is 72.8 Å².